The van der Waals surface area contributed by atoms with Gasteiger partial charge >= 0.3 is 0 Å². The molecule has 2 N–H and O–H groups in total. The van der Waals surface area contributed by atoms with E-state index in [-0.39, 0.29) is 12.5 Å². The van der Waals surface area contributed by atoms with Gasteiger partial charge in [-0.25, -0.2) is 4.98 Å². The zero-order chi connectivity index (χ0) is 15.8. The van der Waals surface area contributed by atoms with E-state index in [4.69, 9.17) is 0 Å². The number of nitrogens with zero attached hydrogens (tertiary/aromatic N) is 3. The number of rotatable bonds is 8. The highest BCUT2D eigenvalue weighted by Crippen LogP contribution is 2.13. The molecule has 0 spiro atoms. The van der Waals surface area contributed by atoms with Crippen molar-refractivity contribution in [2.45, 2.75) is 34.1 Å². The number of aromatic nitrogens is 2. The van der Waals surface area contributed by atoms with Crippen molar-refractivity contribution in [3.63, 3.8) is 0 Å². The van der Waals surface area contributed by atoms with Crippen molar-refractivity contribution in [3.05, 3.63) is 11.8 Å². The minimum atomic E-state index is 0.00512. The first-order chi connectivity index (χ1) is 9.92. The Morgan fingerprint density at radius 2 is 2.10 bits per heavy atom. The van der Waals surface area contributed by atoms with Gasteiger partial charge in [-0.2, -0.15) is 4.98 Å². The molecule has 6 nitrogen and oxygen atoms in total. The molecule has 0 bridgehead atoms. The maximum Gasteiger partial charge on any atom is 0.239 e. The molecular weight excluding hydrogens is 266 g/mol. The van der Waals surface area contributed by atoms with Gasteiger partial charge in [0.25, 0.3) is 0 Å². The average molecular weight is 293 g/mol. The van der Waals surface area contributed by atoms with E-state index in [0.717, 1.165) is 24.5 Å². The lowest BCUT2D eigenvalue weighted by Gasteiger charge is -2.19. The van der Waals surface area contributed by atoms with Crippen LogP contribution in [0.5, 0.6) is 0 Å². The smallest absolute Gasteiger partial charge is 0.239 e. The summed E-state index contributed by atoms with van der Waals surface area (Å²) in [5.41, 5.74) is 0.882. The number of carbonyl (C=O) groups excluding carboxylic acids is 1. The highest BCUT2D eigenvalue weighted by atomic mass is 16.2. The molecule has 0 saturated heterocycles. The highest BCUT2D eigenvalue weighted by molar-refractivity contribution is 5.80. The fraction of sp³-hybridized carbons (Fsp3) is 0.667. The Bertz CT molecular complexity index is 461. The maximum absolute atomic E-state index is 11.9. The number of anilines is 2. The average Bonchev–Trinajstić information content (AvgIpc) is 2.42. The minimum absolute atomic E-state index is 0.00512. The Labute approximate surface area is 127 Å². The van der Waals surface area contributed by atoms with Gasteiger partial charge in [0.1, 0.15) is 5.82 Å². The van der Waals surface area contributed by atoms with Crippen LogP contribution in [0.2, 0.25) is 0 Å². The van der Waals surface area contributed by atoms with Crippen LogP contribution in [0.1, 0.15) is 32.9 Å². The largest absolute Gasteiger partial charge is 0.354 e. The Balaban J connectivity index is 2.66. The Kier molecular flexibility index (Phi) is 6.91. The van der Waals surface area contributed by atoms with Crippen LogP contribution >= 0.6 is 0 Å². The third kappa shape index (κ3) is 6.42. The Morgan fingerprint density at radius 3 is 2.71 bits per heavy atom. The monoisotopic (exact) mass is 293 g/mol. The summed E-state index contributed by atoms with van der Waals surface area (Å²) >= 11 is 0. The van der Waals surface area contributed by atoms with Gasteiger partial charge in [-0.15, -0.1) is 0 Å². The zero-order valence-corrected chi connectivity index (χ0v) is 13.7. The number of amides is 1. The van der Waals surface area contributed by atoms with Crippen molar-refractivity contribution in [3.8, 4) is 0 Å². The molecule has 1 heterocycles. The van der Waals surface area contributed by atoms with Crippen LogP contribution < -0.4 is 15.5 Å². The minimum Gasteiger partial charge on any atom is -0.354 e. The second-order valence-corrected chi connectivity index (χ2v) is 5.67. The molecule has 0 radical (unpaired) electrons. The van der Waals surface area contributed by atoms with E-state index in [2.05, 4.69) is 41.4 Å². The van der Waals surface area contributed by atoms with Crippen LogP contribution in [0.15, 0.2) is 6.07 Å². The first kappa shape index (κ1) is 17.2. The maximum atomic E-state index is 11.9. The molecule has 1 rings (SSSR count). The van der Waals surface area contributed by atoms with E-state index in [9.17, 15) is 4.79 Å². The van der Waals surface area contributed by atoms with Crippen molar-refractivity contribution >= 4 is 17.7 Å². The fourth-order valence-electron chi connectivity index (χ4n) is 1.73. The number of hydrogen-bond acceptors (Lipinski definition) is 5. The molecule has 1 aromatic heterocycles. The van der Waals surface area contributed by atoms with E-state index in [1.54, 1.807) is 0 Å². The van der Waals surface area contributed by atoms with Gasteiger partial charge in [0.15, 0.2) is 0 Å². The van der Waals surface area contributed by atoms with Gasteiger partial charge in [-0.05, 0) is 19.3 Å². The molecule has 0 aromatic carbocycles. The fourth-order valence-corrected chi connectivity index (χ4v) is 1.73. The van der Waals surface area contributed by atoms with E-state index >= 15 is 0 Å². The van der Waals surface area contributed by atoms with Gasteiger partial charge in [0.05, 0.1) is 6.54 Å². The SMILES string of the molecule is CCCNc1nc(C)cc(N(C)CC(=O)NCC(C)C)n1. The molecular formula is C15H27N5O. The van der Waals surface area contributed by atoms with Crippen molar-refractivity contribution in [2.75, 3.05) is 36.9 Å². The van der Waals surface area contributed by atoms with E-state index in [0.29, 0.717) is 18.4 Å². The number of carbonyl (C=O) groups is 1. The third-order valence-electron chi connectivity index (χ3n) is 2.85. The van der Waals surface area contributed by atoms with Crippen LogP contribution in [-0.2, 0) is 4.79 Å². The summed E-state index contributed by atoms with van der Waals surface area (Å²) < 4.78 is 0. The summed E-state index contributed by atoms with van der Waals surface area (Å²) in [4.78, 5) is 22.5. The van der Waals surface area contributed by atoms with Crippen LogP contribution in [0.25, 0.3) is 0 Å². The quantitative estimate of drug-likeness (QED) is 0.765. The Hall–Kier alpha value is -1.85. The summed E-state index contributed by atoms with van der Waals surface area (Å²) in [5, 5.41) is 6.08. The van der Waals surface area contributed by atoms with Crippen LogP contribution in [0.4, 0.5) is 11.8 Å². The summed E-state index contributed by atoms with van der Waals surface area (Å²) in [7, 11) is 1.86. The first-order valence-corrected chi connectivity index (χ1v) is 7.49. The lowest BCUT2D eigenvalue weighted by atomic mass is 10.2. The number of likely N-dealkylation sites (N-methyl/N-ethyl adjacent to an activating group) is 1. The Morgan fingerprint density at radius 1 is 1.38 bits per heavy atom. The first-order valence-electron chi connectivity index (χ1n) is 7.49. The predicted molar refractivity (Wildman–Crippen MR) is 86.7 cm³/mol. The van der Waals surface area contributed by atoms with Gasteiger partial charge in [0.2, 0.25) is 11.9 Å². The van der Waals surface area contributed by atoms with Gasteiger partial charge in [-0.3, -0.25) is 4.79 Å². The summed E-state index contributed by atoms with van der Waals surface area (Å²) in [5.74, 6) is 1.82. The summed E-state index contributed by atoms with van der Waals surface area (Å²) in [6, 6.07) is 1.88. The normalized spacial score (nSPS) is 10.6. The molecule has 0 aliphatic heterocycles. The van der Waals surface area contributed by atoms with Crippen LogP contribution in [0.3, 0.4) is 0 Å². The predicted octanol–water partition coefficient (Wildman–Crippen LogP) is 1.82. The lowest BCUT2D eigenvalue weighted by molar-refractivity contribution is -0.119. The van der Waals surface area contributed by atoms with Crippen molar-refractivity contribution in [2.24, 2.45) is 5.92 Å². The molecule has 0 saturated carbocycles. The standard InChI is InChI=1S/C15H27N5O/c1-6-7-16-15-18-12(4)8-13(19-15)20(5)10-14(21)17-9-11(2)3/h8,11H,6-7,9-10H2,1-5H3,(H,17,21)(H,16,18,19). The third-order valence-corrected chi connectivity index (χ3v) is 2.85. The number of nitrogens with one attached hydrogen (secondary N) is 2. The summed E-state index contributed by atoms with van der Waals surface area (Å²) in [6.45, 7) is 9.98. The van der Waals surface area contributed by atoms with Crippen LogP contribution in [0, 0.1) is 12.8 Å². The van der Waals surface area contributed by atoms with E-state index in [1.165, 1.54) is 0 Å². The zero-order valence-electron chi connectivity index (χ0n) is 13.7. The second-order valence-electron chi connectivity index (χ2n) is 5.67. The molecule has 0 aliphatic rings. The molecule has 1 aromatic rings. The molecule has 118 valence electrons. The van der Waals surface area contributed by atoms with Crippen LogP contribution in [-0.4, -0.2) is 42.6 Å². The van der Waals surface area contributed by atoms with Gasteiger partial charge < -0.3 is 15.5 Å². The van der Waals surface area contributed by atoms with Crippen molar-refractivity contribution < 1.29 is 4.79 Å². The molecule has 0 aliphatic carbocycles. The van der Waals surface area contributed by atoms with E-state index < -0.39 is 0 Å². The van der Waals surface area contributed by atoms with Gasteiger partial charge in [-0.1, -0.05) is 20.8 Å². The number of aryl methyl sites for hydroxylation is 1. The lowest BCUT2D eigenvalue weighted by Crippen LogP contribution is -2.37. The molecule has 1 amide bonds. The topological polar surface area (TPSA) is 70.2 Å². The molecule has 0 atom stereocenters. The molecule has 21 heavy (non-hydrogen) atoms. The molecule has 6 heteroatoms. The van der Waals surface area contributed by atoms with Gasteiger partial charge in [0, 0.05) is 31.9 Å². The molecule has 0 fully saturated rings. The van der Waals surface area contributed by atoms with Crippen molar-refractivity contribution in [1.29, 1.82) is 0 Å². The summed E-state index contributed by atoms with van der Waals surface area (Å²) in [6.07, 6.45) is 1.01. The van der Waals surface area contributed by atoms with E-state index in [1.807, 2.05) is 24.9 Å². The second kappa shape index (κ2) is 8.44. The highest BCUT2D eigenvalue weighted by Gasteiger charge is 2.11. The number of hydrogen-bond donors (Lipinski definition) is 2. The molecule has 0 unspecified atom stereocenters. The van der Waals surface area contributed by atoms with Crippen molar-refractivity contribution in [1.82, 2.24) is 15.3 Å².